The van der Waals surface area contributed by atoms with E-state index in [0.717, 1.165) is 0 Å². The fraction of sp³-hybridized carbons (Fsp3) is 0.875. The van der Waals surface area contributed by atoms with E-state index in [9.17, 15) is 44.7 Å². The molecule has 0 spiro atoms. The molecule has 0 N–H and O–H groups in total. The van der Waals surface area contributed by atoms with Gasteiger partial charge in [-0.15, -0.1) is 0 Å². The van der Waals surface area contributed by atoms with Gasteiger partial charge in [0.25, 0.3) is 0 Å². The first-order valence-electron chi connectivity index (χ1n) is 8.32. The third kappa shape index (κ3) is 2.74. The molecule has 0 aliphatic heterocycles. The lowest BCUT2D eigenvalue weighted by molar-refractivity contribution is -0.358. The van der Waals surface area contributed by atoms with Crippen molar-refractivity contribution in [2.24, 2.45) is 17.8 Å². The van der Waals surface area contributed by atoms with Crippen LogP contribution in [0.4, 0.5) is 35.1 Å². The molecule has 0 amide bonds. The average Bonchev–Trinajstić information content (AvgIpc) is 2.49. The Hall–Kier alpha value is -1.42. The van der Waals surface area contributed by atoms with Crippen LogP contribution in [0.1, 0.15) is 39.0 Å². The number of carbonyl (C=O) groups is 2. The molecule has 3 nitrogen and oxygen atoms in total. The molecule has 4 saturated carbocycles. The number of hydrogen-bond acceptors (Lipinski definition) is 3. The van der Waals surface area contributed by atoms with Crippen molar-refractivity contribution in [2.45, 2.75) is 68.3 Å². The highest BCUT2D eigenvalue weighted by molar-refractivity contribution is 5.86. The molecule has 154 valence electrons. The minimum absolute atomic E-state index is 0.0427. The molecule has 4 rings (SSSR count). The first-order valence-corrected chi connectivity index (χ1v) is 8.32. The molecule has 0 saturated heterocycles. The summed E-state index contributed by atoms with van der Waals surface area (Å²) in [5.41, 5.74) is -1.63. The van der Waals surface area contributed by atoms with E-state index in [1.807, 2.05) is 0 Å². The molecule has 4 aliphatic rings. The molecule has 4 bridgehead atoms. The van der Waals surface area contributed by atoms with Crippen LogP contribution >= 0.6 is 0 Å². The number of halogens is 8. The Balaban J connectivity index is 1.84. The molecule has 0 aromatic heterocycles. The van der Waals surface area contributed by atoms with Crippen molar-refractivity contribution in [3.63, 3.8) is 0 Å². The van der Waals surface area contributed by atoms with Gasteiger partial charge in [0.15, 0.2) is 0 Å². The van der Waals surface area contributed by atoms with Crippen molar-refractivity contribution < 1.29 is 49.4 Å². The van der Waals surface area contributed by atoms with Crippen LogP contribution in [0.15, 0.2) is 0 Å². The van der Waals surface area contributed by atoms with E-state index in [-0.39, 0.29) is 31.0 Å². The predicted octanol–water partition coefficient (Wildman–Crippen LogP) is 4.24. The number of ether oxygens (including phenoxy) is 1. The van der Waals surface area contributed by atoms with Crippen LogP contribution < -0.4 is 0 Å². The highest BCUT2D eigenvalue weighted by atomic mass is 19.4. The van der Waals surface area contributed by atoms with Crippen LogP contribution in [-0.2, 0) is 14.3 Å². The summed E-state index contributed by atoms with van der Waals surface area (Å²) in [5, 5.41) is 0. The lowest BCUT2D eigenvalue weighted by Crippen LogP contribution is -2.65. The molecule has 4 fully saturated rings. The molecule has 11 heteroatoms. The number of hydrogen-bond donors (Lipinski definition) is 0. The van der Waals surface area contributed by atoms with Crippen LogP contribution in [0.25, 0.3) is 0 Å². The van der Waals surface area contributed by atoms with Gasteiger partial charge in [0.1, 0.15) is 11.4 Å². The summed E-state index contributed by atoms with van der Waals surface area (Å²) in [6, 6.07) is 0. The third-order valence-corrected chi connectivity index (χ3v) is 5.84. The zero-order valence-corrected chi connectivity index (χ0v) is 14.0. The van der Waals surface area contributed by atoms with Gasteiger partial charge in [-0.2, -0.15) is 35.1 Å². The molecule has 27 heavy (non-hydrogen) atoms. The van der Waals surface area contributed by atoms with E-state index in [1.165, 1.54) is 0 Å². The monoisotopic (exact) mass is 408 g/mol. The fourth-order valence-electron chi connectivity index (χ4n) is 4.66. The fourth-order valence-corrected chi connectivity index (χ4v) is 4.66. The molecular formula is C16H16F8O3. The molecule has 0 aromatic carbocycles. The molecule has 2 atom stereocenters. The quantitative estimate of drug-likeness (QED) is 0.505. The Kier molecular flexibility index (Phi) is 4.18. The van der Waals surface area contributed by atoms with E-state index in [0.29, 0.717) is 12.8 Å². The largest absolute Gasteiger partial charge is 0.454 e. The Labute approximate surface area is 148 Å². The van der Waals surface area contributed by atoms with Gasteiger partial charge in [-0.1, -0.05) is 0 Å². The van der Waals surface area contributed by atoms with Gasteiger partial charge in [-0.05, 0) is 38.0 Å². The van der Waals surface area contributed by atoms with Crippen molar-refractivity contribution in [3.05, 3.63) is 0 Å². The summed E-state index contributed by atoms with van der Waals surface area (Å²) in [6.45, 7) is -0.646. The van der Waals surface area contributed by atoms with Crippen LogP contribution in [0.3, 0.4) is 0 Å². The van der Waals surface area contributed by atoms with Gasteiger partial charge in [-0.25, -0.2) is 4.79 Å². The van der Waals surface area contributed by atoms with E-state index in [1.54, 1.807) is 0 Å². The summed E-state index contributed by atoms with van der Waals surface area (Å²) < 4.78 is 112. The van der Waals surface area contributed by atoms with E-state index >= 15 is 0 Å². The zero-order valence-electron chi connectivity index (χ0n) is 14.0. The Bertz CT molecular complexity index is 651. The second-order valence-electron chi connectivity index (χ2n) is 7.93. The molecule has 0 aromatic rings. The molecular weight excluding hydrogens is 392 g/mol. The first-order chi connectivity index (χ1) is 12.0. The smallest absolute Gasteiger partial charge is 0.410 e. The SMILES string of the molecule is CC(F)(F)C(F)(F)C(F)(F)C(F)(F)C(=O)OC12CC3CC(C1)C(=O)C(C3)C2. The summed E-state index contributed by atoms with van der Waals surface area (Å²) in [5.74, 6) is -29.2. The third-order valence-electron chi connectivity index (χ3n) is 5.84. The standard InChI is InChI=1S/C16H16F8O3/c1-12(17,18)15(21,22)16(23,24)14(19,20)11(26)27-13-4-7-2-8(5-13)10(25)9(3-7)6-13/h7-9H,2-6H2,1H3. The van der Waals surface area contributed by atoms with E-state index in [4.69, 9.17) is 0 Å². The molecule has 2 unspecified atom stereocenters. The van der Waals surface area contributed by atoms with Crippen LogP contribution in [0.2, 0.25) is 0 Å². The average molecular weight is 408 g/mol. The number of alkyl halides is 8. The van der Waals surface area contributed by atoms with E-state index < -0.39 is 54.0 Å². The van der Waals surface area contributed by atoms with Gasteiger partial charge in [0.05, 0.1) is 0 Å². The topological polar surface area (TPSA) is 43.4 Å². The molecule has 0 radical (unpaired) electrons. The van der Waals surface area contributed by atoms with Crippen LogP contribution in [0.5, 0.6) is 0 Å². The Morgan fingerprint density at radius 3 is 1.85 bits per heavy atom. The van der Waals surface area contributed by atoms with Gasteiger partial charge in [0, 0.05) is 18.8 Å². The van der Waals surface area contributed by atoms with Crippen molar-refractivity contribution in [2.75, 3.05) is 0 Å². The van der Waals surface area contributed by atoms with Gasteiger partial charge < -0.3 is 4.74 Å². The van der Waals surface area contributed by atoms with E-state index in [2.05, 4.69) is 4.74 Å². The summed E-state index contributed by atoms with van der Waals surface area (Å²) in [7, 11) is 0. The highest BCUT2D eigenvalue weighted by Gasteiger charge is 2.82. The minimum atomic E-state index is -6.67. The maximum Gasteiger partial charge on any atom is 0.410 e. The summed E-state index contributed by atoms with van der Waals surface area (Å²) >= 11 is 0. The second kappa shape index (κ2) is 5.56. The summed E-state index contributed by atoms with van der Waals surface area (Å²) in [4.78, 5) is 23.7. The zero-order chi connectivity index (χ0) is 20.6. The van der Waals surface area contributed by atoms with Gasteiger partial charge in [-0.3, -0.25) is 4.79 Å². The Morgan fingerprint density at radius 1 is 0.926 bits per heavy atom. The second-order valence-corrected chi connectivity index (χ2v) is 7.93. The minimum Gasteiger partial charge on any atom is -0.454 e. The van der Waals surface area contributed by atoms with Gasteiger partial charge >= 0.3 is 29.7 Å². The maximum atomic E-state index is 13.9. The van der Waals surface area contributed by atoms with Crippen molar-refractivity contribution in [1.29, 1.82) is 0 Å². The number of esters is 1. The number of ketones is 1. The lowest BCUT2D eigenvalue weighted by atomic mass is 9.53. The van der Waals surface area contributed by atoms with Gasteiger partial charge in [0.2, 0.25) is 0 Å². The number of Topliss-reactive ketones (excluding diaryl/α,β-unsaturated/α-hetero) is 1. The van der Waals surface area contributed by atoms with Crippen LogP contribution in [0, 0.1) is 17.8 Å². The number of rotatable bonds is 5. The molecule has 0 heterocycles. The summed E-state index contributed by atoms with van der Waals surface area (Å²) in [6.07, 6.45) is 0.642. The van der Waals surface area contributed by atoms with Crippen LogP contribution in [-0.4, -0.2) is 41.0 Å². The van der Waals surface area contributed by atoms with Crippen molar-refractivity contribution >= 4 is 11.8 Å². The highest BCUT2D eigenvalue weighted by Crippen LogP contribution is 2.57. The maximum absolute atomic E-state index is 13.9. The van der Waals surface area contributed by atoms with Crippen molar-refractivity contribution in [3.8, 4) is 0 Å². The Morgan fingerprint density at radius 2 is 1.41 bits per heavy atom. The molecule has 4 aliphatic carbocycles. The first kappa shape index (κ1) is 20.3. The van der Waals surface area contributed by atoms with Crippen molar-refractivity contribution in [1.82, 2.24) is 0 Å². The normalized spacial score (nSPS) is 34.1. The predicted molar refractivity (Wildman–Crippen MR) is 72.8 cm³/mol. The number of carbonyl (C=O) groups excluding carboxylic acids is 2. The lowest BCUT2D eigenvalue weighted by Gasteiger charge is -2.54.